The monoisotopic (exact) mass is 584 g/mol. The van der Waals surface area contributed by atoms with Crippen LogP contribution in [0.1, 0.15) is 107 Å². The normalized spacial score (nSPS) is 14.9. The van der Waals surface area contributed by atoms with E-state index in [-0.39, 0.29) is 9.75 Å². The van der Waals surface area contributed by atoms with Gasteiger partial charge in [-0.05, 0) is 77.5 Å². The Kier molecular flexibility index (Phi) is 22.8. The highest BCUT2D eigenvalue weighted by Crippen LogP contribution is 2.39. The molecular weight excluding hydrogens is 529 g/mol. The van der Waals surface area contributed by atoms with Crippen LogP contribution in [0.2, 0.25) is 0 Å². The molecule has 0 aliphatic rings. The minimum absolute atomic E-state index is 0.149. The molecule has 0 fully saturated rings. The Bertz CT molecular complexity index is 522. The van der Waals surface area contributed by atoms with Crippen LogP contribution in [0.4, 0.5) is 0 Å². The molecule has 0 heterocycles. The van der Waals surface area contributed by atoms with E-state index < -0.39 is 17.6 Å². The molecule has 0 saturated heterocycles. The van der Waals surface area contributed by atoms with E-state index in [2.05, 4.69) is 26.2 Å². The smallest absolute Gasteiger partial charge is 0.373 e. The maximum absolute atomic E-state index is 6.29. The van der Waals surface area contributed by atoms with Crippen molar-refractivity contribution in [3.05, 3.63) is 10.3 Å². The van der Waals surface area contributed by atoms with Crippen LogP contribution in [-0.4, -0.2) is 67.0 Å². The van der Waals surface area contributed by atoms with E-state index in [0.717, 1.165) is 19.3 Å². The molecule has 0 radical (unpaired) electrons. The van der Waals surface area contributed by atoms with Gasteiger partial charge in [-0.15, -0.1) is 23.5 Å². The average molecular weight is 585 g/mol. The molecule has 216 valence electrons. The van der Waals surface area contributed by atoms with Crippen molar-refractivity contribution in [2.75, 3.05) is 39.6 Å². The van der Waals surface area contributed by atoms with Gasteiger partial charge in [0.1, 0.15) is 0 Å². The minimum atomic E-state index is -2.83. The van der Waals surface area contributed by atoms with Gasteiger partial charge < -0.3 is 26.6 Å². The van der Waals surface area contributed by atoms with E-state index in [4.69, 9.17) is 26.6 Å². The van der Waals surface area contributed by atoms with E-state index in [0.29, 0.717) is 39.6 Å². The fourth-order valence-corrected chi connectivity index (χ4v) is 14.0. The summed E-state index contributed by atoms with van der Waals surface area (Å²) in [6.07, 6.45) is 7.83. The van der Waals surface area contributed by atoms with Crippen molar-refractivity contribution in [2.24, 2.45) is 0 Å². The minimum Gasteiger partial charge on any atom is -0.373 e. The number of hydrogen-bond donors (Lipinski definition) is 0. The van der Waals surface area contributed by atoms with Gasteiger partial charge in [-0.25, -0.2) is 0 Å². The largest absolute Gasteiger partial charge is 0.514 e. The molecule has 2 unspecified atom stereocenters. The number of allylic oxidation sites excluding steroid dienone is 1. The molecule has 0 aromatic carbocycles. The average Bonchev–Trinajstić information content (AvgIpc) is 2.85. The summed E-state index contributed by atoms with van der Waals surface area (Å²) in [6, 6.07) is 0. The predicted molar refractivity (Wildman–Crippen MR) is 161 cm³/mol. The van der Waals surface area contributed by atoms with E-state index in [1.165, 1.54) is 30.6 Å². The topological polar surface area (TPSA) is 55.4 Å². The molecule has 2 atom stereocenters. The highest BCUT2D eigenvalue weighted by molar-refractivity contribution is 8.08. The van der Waals surface area contributed by atoms with Crippen molar-refractivity contribution >= 4 is 41.1 Å². The van der Waals surface area contributed by atoms with Gasteiger partial charge in [0.15, 0.2) is 0 Å². The van der Waals surface area contributed by atoms with Gasteiger partial charge in [0.2, 0.25) is 0 Å². The molecule has 0 aliphatic heterocycles. The molecule has 0 spiro atoms. The zero-order valence-electron chi connectivity index (χ0n) is 24.7. The zero-order valence-corrected chi connectivity index (χ0v) is 28.3. The Morgan fingerprint density at radius 1 is 0.583 bits per heavy atom. The van der Waals surface area contributed by atoms with Crippen molar-refractivity contribution in [3.63, 3.8) is 0 Å². The first-order valence-corrected chi connectivity index (χ1v) is 19.7. The predicted octanol–water partition coefficient (Wildman–Crippen LogP) is 8.00. The van der Waals surface area contributed by atoms with Crippen LogP contribution in [0.25, 0.3) is 0 Å². The fraction of sp³-hybridized carbons (Fsp3) is 0.923. The third-order valence-corrected chi connectivity index (χ3v) is 17.0. The van der Waals surface area contributed by atoms with Crippen LogP contribution in [0.3, 0.4) is 0 Å². The molecule has 0 aromatic rings. The fourth-order valence-electron chi connectivity index (χ4n) is 4.06. The summed E-state index contributed by atoms with van der Waals surface area (Å²) in [4.78, 5) is 1.67. The van der Waals surface area contributed by atoms with Gasteiger partial charge in [-0.1, -0.05) is 40.0 Å². The molecule has 0 aliphatic carbocycles. The van der Waals surface area contributed by atoms with Crippen LogP contribution < -0.4 is 0 Å². The zero-order chi connectivity index (χ0) is 27.3. The summed E-state index contributed by atoms with van der Waals surface area (Å²) in [7, 11) is -5.65. The maximum atomic E-state index is 6.29. The van der Waals surface area contributed by atoms with Gasteiger partial charge in [0, 0.05) is 39.6 Å². The first-order valence-electron chi connectivity index (χ1n) is 14.3. The maximum Gasteiger partial charge on any atom is 0.514 e. The summed E-state index contributed by atoms with van der Waals surface area (Å²) in [5, 5.41) is 2.34. The molecule has 0 N–H and O–H groups in total. The van der Waals surface area contributed by atoms with Gasteiger partial charge in [0.25, 0.3) is 0 Å². The summed E-state index contributed by atoms with van der Waals surface area (Å²) in [6.45, 7) is 22.4. The Labute approximate surface area is 234 Å². The summed E-state index contributed by atoms with van der Waals surface area (Å²) < 4.78 is 37.6. The van der Waals surface area contributed by atoms with E-state index in [9.17, 15) is 0 Å². The third kappa shape index (κ3) is 12.7. The van der Waals surface area contributed by atoms with Crippen molar-refractivity contribution in [2.45, 2.75) is 117 Å². The van der Waals surface area contributed by atoms with Crippen LogP contribution in [0, 0.1) is 0 Å². The Balaban J connectivity index is 6.08. The van der Waals surface area contributed by atoms with Gasteiger partial charge in [-0.3, -0.25) is 0 Å². The summed E-state index contributed by atoms with van der Waals surface area (Å²) in [5.74, 6) is 0. The van der Waals surface area contributed by atoms with Crippen molar-refractivity contribution in [3.8, 4) is 0 Å². The molecule has 0 aromatic heterocycles. The Morgan fingerprint density at radius 3 is 1.36 bits per heavy atom. The standard InChI is InChI=1S/C26H56O6S2Si2/c1-10-19-20-21-22-24(34-26(12-3)36(30-16-7,31-17-8)32-18-9)23-33-25(11-2)35(27-13-4,28-14-5)29-15-6/h23,25-26H,10-22H2,1-9H3/b24-23+. The molecular formula is C26H56O6S2Si2. The van der Waals surface area contributed by atoms with Crippen molar-refractivity contribution in [1.82, 2.24) is 0 Å². The number of hydrogen-bond acceptors (Lipinski definition) is 8. The summed E-state index contributed by atoms with van der Waals surface area (Å²) in [5.41, 5.74) is 0. The highest BCUT2D eigenvalue weighted by atomic mass is 32.2. The third-order valence-electron chi connectivity index (χ3n) is 5.54. The summed E-state index contributed by atoms with van der Waals surface area (Å²) >= 11 is 3.72. The lowest BCUT2D eigenvalue weighted by Gasteiger charge is -2.35. The quantitative estimate of drug-likeness (QED) is 0.0790. The molecule has 0 amide bonds. The molecule has 0 bridgehead atoms. The second kappa shape index (κ2) is 22.4. The number of thioether (sulfide) groups is 2. The van der Waals surface area contributed by atoms with Gasteiger partial charge in [0.05, 0.1) is 9.75 Å². The first-order chi connectivity index (χ1) is 17.4. The molecule has 0 saturated carbocycles. The van der Waals surface area contributed by atoms with Crippen molar-refractivity contribution < 1.29 is 26.6 Å². The number of unbranched alkanes of at least 4 members (excludes halogenated alkanes) is 3. The van der Waals surface area contributed by atoms with E-state index >= 15 is 0 Å². The van der Waals surface area contributed by atoms with Crippen LogP contribution in [-0.2, 0) is 26.6 Å². The first kappa shape index (κ1) is 36.6. The van der Waals surface area contributed by atoms with Crippen LogP contribution >= 0.6 is 23.5 Å². The molecule has 0 rings (SSSR count). The lowest BCUT2D eigenvalue weighted by atomic mass is 10.1. The molecule has 10 heteroatoms. The van der Waals surface area contributed by atoms with Crippen LogP contribution in [0.5, 0.6) is 0 Å². The highest BCUT2D eigenvalue weighted by Gasteiger charge is 2.50. The Morgan fingerprint density at radius 2 is 1.00 bits per heavy atom. The second-order valence-electron chi connectivity index (χ2n) is 8.25. The lowest BCUT2D eigenvalue weighted by Crippen LogP contribution is -2.55. The molecule has 36 heavy (non-hydrogen) atoms. The number of rotatable bonds is 25. The SMILES string of the molecule is CCCCCC/C(=C\SC(CC)[Si](OCC)(OCC)OCC)SC(CC)[Si](OCC)(OCC)OCC. The van der Waals surface area contributed by atoms with Gasteiger partial charge in [-0.2, -0.15) is 0 Å². The molecule has 6 nitrogen and oxygen atoms in total. The second-order valence-corrected chi connectivity index (χ2v) is 17.0. The lowest BCUT2D eigenvalue weighted by molar-refractivity contribution is 0.0684. The Hall–Kier alpha value is 0.634. The van der Waals surface area contributed by atoms with Crippen LogP contribution in [0.15, 0.2) is 10.3 Å². The van der Waals surface area contributed by atoms with Gasteiger partial charge >= 0.3 is 17.6 Å². The van der Waals surface area contributed by atoms with Crippen molar-refractivity contribution in [1.29, 1.82) is 0 Å². The van der Waals surface area contributed by atoms with E-state index in [1.54, 1.807) is 0 Å². The van der Waals surface area contributed by atoms with E-state index in [1.807, 2.05) is 65.1 Å².